The Kier molecular flexibility index (Phi) is 9.94. The lowest BCUT2D eigenvalue weighted by atomic mass is 9.81. The van der Waals surface area contributed by atoms with Gasteiger partial charge in [0.25, 0.3) is 5.82 Å². The van der Waals surface area contributed by atoms with E-state index in [1.165, 1.54) is 20.3 Å². The lowest BCUT2D eigenvalue weighted by Crippen LogP contribution is -2.67. The van der Waals surface area contributed by atoms with Crippen LogP contribution in [0, 0.1) is 0 Å². The number of fused-ring (bicyclic) bond motifs is 1. The number of ether oxygens (including phenoxy) is 2. The first-order chi connectivity index (χ1) is 23.2. The molecule has 1 N–H and O–H groups in total. The highest BCUT2D eigenvalue weighted by atomic mass is 19.4. The Morgan fingerprint density at radius 1 is 0.938 bits per heavy atom. The molecular formula is C34H38F3N7O4. The van der Waals surface area contributed by atoms with E-state index < -0.39 is 12.0 Å². The lowest BCUT2D eigenvalue weighted by molar-refractivity contribution is -0.146. The van der Waals surface area contributed by atoms with Crippen molar-refractivity contribution in [1.82, 2.24) is 34.9 Å². The van der Waals surface area contributed by atoms with Gasteiger partial charge in [-0.25, -0.2) is 0 Å². The van der Waals surface area contributed by atoms with Crippen molar-refractivity contribution in [1.29, 1.82) is 0 Å². The molecule has 6 rings (SSSR count). The van der Waals surface area contributed by atoms with Crippen LogP contribution < -0.4 is 9.47 Å². The number of amides is 1. The second-order valence-corrected chi connectivity index (χ2v) is 12.0. The third-order valence-corrected chi connectivity index (χ3v) is 9.20. The second-order valence-electron chi connectivity index (χ2n) is 12.0. The van der Waals surface area contributed by atoms with Crippen molar-refractivity contribution in [2.75, 3.05) is 53.6 Å². The average molecular weight is 666 g/mol. The predicted octanol–water partition coefficient (Wildman–Crippen LogP) is 3.61. The van der Waals surface area contributed by atoms with E-state index in [9.17, 15) is 23.1 Å². The Balaban J connectivity index is 1.41. The molecule has 0 radical (unpaired) electrons. The van der Waals surface area contributed by atoms with Crippen molar-refractivity contribution in [3.63, 3.8) is 0 Å². The van der Waals surface area contributed by atoms with Gasteiger partial charge in [0.05, 0.1) is 26.4 Å². The monoisotopic (exact) mass is 665 g/mol. The predicted molar refractivity (Wildman–Crippen MR) is 170 cm³/mol. The Bertz CT molecular complexity index is 1650. The molecule has 3 aromatic carbocycles. The number of aliphatic hydroxyl groups excluding tert-OH is 1. The molecule has 0 spiro atoms. The standard InChI is InChI=1S/C34H38F3N7O4/c1-47-29-14-13-27(44-33(34(35,36)37)38-39-40-44)32(48-2)26(29)21-41-19-25-20-42(30(46)15-18-45)16-17-43(25)28(22-41)31(23-9-5-3-6-10-23)24-11-7-4-8-12-24/h3-14,25,28,31,45H,15-22H2,1-2H3/t25-,28+/m1/s1. The molecule has 2 aliphatic rings. The smallest absolute Gasteiger partial charge is 0.453 e. The van der Waals surface area contributed by atoms with Crippen LogP contribution in [0.1, 0.15) is 34.9 Å². The largest absolute Gasteiger partial charge is 0.496 e. The number of aliphatic hydroxyl groups is 1. The molecule has 2 saturated heterocycles. The van der Waals surface area contributed by atoms with Gasteiger partial charge in [-0.05, 0) is 33.7 Å². The van der Waals surface area contributed by atoms with E-state index in [-0.39, 0.29) is 54.9 Å². The van der Waals surface area contributed by atoms with Gasteiger partial charge in [-0.1, -0.05) is 60.7 Å². The van der Waals surface area contributed by atoms with Crippen LogP contribution in [0.4, 0.5) is 13.2 Å². The number of alkyl halides is 3. The number of carbonyl (C=O) groups excluding carboxylic acids is 1. The quantitative estimate of drug-likeness (QED) is 0.272. The molecule has 14 heteroatoms. The first-order valence-electron chi connectivity index (χ1n) is 15.8. The summed E-state index contributed by atoms with van der Waals surface area (Å²) in [5.41, 5.74) is 2.89. The van der Waals surface area contributed by atoms with Crippen molar-refractivity contribution in [3.8, 4) is 17.2 Å². The van der Waals surface area contributed by atoms with E-state index in [1.807, 2.05) is 41.3 Å². The molecule has 0 unspecified atom stereocenters. The van der Waals surface area contributed by atoms with E-state index in [0.717, 1.165) is 11.1 Å². The van der Waals surface area contributed by atoms with Crippen molar-refractivity contribution in [3.05, 3.63) is 95.3 Å². The number of methoxy groups -OCH3 is 2. The first-order valence-corrected chi connectivity index (χ1v) is 15.8. The Morgan fingerprint density at radius 2 is 1.62 bits per heavy atom. The fourth-order valence-corrected chi connectivity index (χ4v) is 7.16. The van der Waals surface area contributed by atoms with Crippen LogP contribution in [0.5, 0.6) is 11.5 Å². The summed E-state index contributed by atoms with van der Waals surface area (Å²) in [6, 6.07) is 23.6. The van der Waals surface area contributed by atoms with Crippen LogP contribution >= 0.6 is 0 Å². The topological polar surface area (TPSA) is 109 Å². The Morgan fingerprint density at radius 3 is 2.23 bits per heavy atom. The zero-order valence-corrected chi connectivity index (χ0v) is 26.8. The molecule has 4 aromatic rings. The molecule has 1 aromatic heterocycles. The van der Waals surface area contributed by atoms with E-state index in [4.69, 9.17) is 9.47 Å². The number of benzene rings is 3. The minimum absolute atomic E-state index is 0.0110. The highest BCUT2D eigenvalue weighted by Gasteiger charge is 2.44. The number of aromatic nitrogens is 4. The molecule has 3 heterocycles. The maximum absolute atomic E-state index is 13.8. The summed E-state index contributed by atoms with van der Waals surface area (Å²) in [6.45, 7) is 2.96. The van der Waals surface area contributed by atoms with Crippen LogP contribution in [0.3, 0.4) is 0 Å². The molecule has 2 aliphatic heterocycles. The summed E-state index contributed by atoms with van der Waals surface area (Å²) in [4.78, 5) is 19.5. The van der Waals surface area contributed by atoms with Gasteiger partial charge in [0.15, 0.2) is 5.75 Å². The summed E-state index contributed by atoms with van der Waals surface area (Å²) in [6.07, 6.45) is -4.73. The van der Waals surface area contributed by atoms with Gasteiger partial charge >= 0.3 is 6.18 Å². The van der Waals surface area contributed by atoms with Crippen LogP contribution in [-0.4, -0.2) is 112 Å². The van der Waals surface area contributed by atoms with Gasteiger partial charge in [-0.15, -0.1) is 5.10 Å². The molecule has 1 amide bonds. The number of tetrazole rings is 1. The van der Waals surface area contributed by atoms with Gasteiger partial charge in [0.1, 0.15) is 11.4 Å². The summed E-state index contributed by atoms with van der Waals surface area (Å²) in [5.74, 6) is -0.761. The van der Waals surface area contributed by atoms with Crippen LogP contribution in [0.2, 0.25) is 0 Å². The maximum atomic E-state index is 13.8. The molecule has 254 valence electrons. The summed E-state index contributed by atoms with van der Waals surface area (Å²) in [5, 5.41) is 19.6. The number of rotatable bonds is 10. The number of hydrogen-bond acceptors (Lipinski definition) is 9. The number of piperazine rings is 2. The second kappa shape index (κ2) is 14.3. The van der Waals surface area contributed by atoms with Gasteiger partial charge in [0.2, 0.25) is 5.91 Å². The minimum Gasteiger partial charge on any atom is -0.496 e. The van der Waals surface area contributed by atoms with Crippen molar-refractivity contribution in [2.45, 2.75) is 37.1 Å². The normalized spacial score (nSPS) is 18.9. The van der Waals surface area contributed by atoms with Crippen molar-refractivity contribution >= 4 is 5.91 Å². The van der Waals surface area contributed by atoms with Crippen molar-refractivity contribution < 1.29 is 32.5 Å². The van der Waals surface area contributed by atoms with Gasteiger partial charge in [-0.3, -0.25) is 14.6 Å². The molecule has 2 fully saturated rings. The SMILES string of the molecule is COc1ccc(-n2nnnc2C(F)(F)F)c(OC)c1CN1C[C@@H]2CN(C(=O)CCO)CCN2[C@H](C(c2ccccc2)c2ccccc2)C1. The van der Waals surface area contributed by atoms with E-state index in [1.54, 1.807) is 6.07 Å². The molecule has 2 atom stereocenters. The molecule has 0 bridgehead atoms. The zero-order chi connectivity index (χ0) is 33.8. The average Bonchev–Trinajstić information content (AvgIpc) is 3.60. The summed E-state index contributed by atoms with van der Waals surface area (Å²) >= 11 is 0. The van der Waals surface area contributed by atoms with E-state index >= 15 is 0 Å². The third-order valence-electron chi connectivity index (χ3n) is 9.20. The van der Waals surface area contributed by atoms with E-state index in [0.29, 0.717) is 48.7 Å². The van der Waals surface area contributed by atoms with Crippen LogP contribution in [0.15, 0.2) is 72.8 Å². The molecule has 11 nitrogen and oxygen atoms in total. The fourth-order valence-electron chi connectivity index (χ4n) is 7.16. The number of halogens is 3. The fraction of sp³-hybridized carbons (Fsp3) is 0.412. The third kappa shape index (κ3) is 6.73. The maximum Gasteiger partial charge on any atom is 0.453 e. The Labute approximate surface area is 276 Å². The molecule has 0 aliphatic carbocycles. The highest BCUT2D eigenvalue weighted by molar-refractivity contribution is 5.76. The highest BCUT2D eigenvalue weighted by Crippen LogP contribution is 2.40. The summed E-state index contributed by atoms with van der Waals surface area (Å²) in [7, 11) is 2.90. The number of carbonyl (C=O) groups is 1. The van der Waals surface area contributed by atoms with Gasteiger partial charge < -0.3 is 19.5 Å². The van der Waals surface area contributed by atoms with Crippen LogP contribution in [0.25, 0.3) is 5.69 Å². The summed E-state index contributed by atoms with van der Waals surface area (Å²) < 4.78 is 53.6. The van der Waals surface area contributed by atoms with E-state index in [2.05, 4.69) is 49.6 Å². The lowest BCUT2D eigenvalue weighted by Gasteiger charge is -2.53. The van der Waals surface area contributed by atoms with Crippen LogP contribution in [-0.2, 0) is 17.5 Å². The zero-order valence-electron chi connectivity index (χ0n) is 26.8. The molecular weight excluding hydrogens is 627 g/mol. The van der Waals surface area contributed by atoms with Gasteiger partial charge in [0, 0.05) is 63.7 Å². The first kappa shape index (κ1) is 33.4. The Hall–Kier alpha value is -4.53. The molecule has 0 saturated carbocycles. The minimum atomic E-state index is -4.79. The van der Waals surface area contributed by atoms with Gasteiger partial charge in [-0.2, -0.15) is 17.9 Å². The van der Waals surface area contributed by atoms with Crippen molar-refractivity contribution in [2.24, 2.45) is 0 Å². The number of hydrogen-bond donors (Lipinski definition) is 1. The number of nitrogens with zero attached hydrogens (tertiary/aromatic N) is 7. The molecule has 48 heavy (non-hydrogen) atoms.